The summed E-state index contributed by atoms with van der Waals surface area (Å²) >= 11 is 8.00. The maximum Gasteiger partial charge on any atom is 0.318 e. The SMILES string of the molecule is C[C@H]1CN2CCC[C@@]2(COC2=NC3=C(F)C(c4ccc(F)c5sc(N)c(C#N)c45)=C(Cl)C4OCCc5cccn5C(=N2)C34)C1. The third-order valence-electron chi connectivity index (χ3n) is 9.64. The minimum absolute atomic E-state index is 0.00468. The smallest absolute Gasteiger partial charge is 0.318 e. The van der Waals surface area contributed by atoms with Gasteiger partial charge in [0.2, 0.25) is 0 Å². The number of nitrogens with two attached hydrogens (primary N) is 1. The topological polar surface area (TPSA) is 101 Å². The molecule has 1 aliphatic carbocycles. The van der Waals surface area contributed by atoms with Crippen molar-refractivity contribution in [2.24, 2.45) is 21.8 Å². The maximum atomic E-state index is 17.1. The molecule has 2 N–H and O–H groups in total. The van der Waals surface area contributed by atoms with Crippen molar-refractivity contribution in [2.75, 3.05) is 32.0 Å². The second-order valence-electron chi connectivity index (χ2n) is 12.3. The molecule has 226 valence electrons. The van der Waals surface area contributed by atoms with Gasteiger partial charge in [0.15, 0.2) is 5.83 Å². The third kappa shape index (κ3) is 4.04. The summed E-state index contributed by atoms with van der Waals surface area (Å²) in [4.78, 5) is 12.1. The molecule has 8 nitrogen and oxygen atoms in total. The van der Waals surface area contributed by atoms with E-state index in [1.165, 1.54) is 12.1 Å². The monoisotopic (exact) mass is 634 g/mol. The van der Waals surface area contributed by atoms with Crippen LogP contribution in [0.3, 0.4) is 0 Å². The highest BCUT2D eigenvalue weighted by atomic mass is 35.5. The molecule has 2 fully saturated rings. The van der Waals surface area contributed by atoms with E-state index >= 15 is 4.39 Å². The normalized spacial score (nSPS) is 28.2. The van der Waals surface area contributed by atoms with Crippen LogP contribution in [0.4, 0.5) is 13.8 Å². The van der Waals surface area contributed by atoms with Crippen molar-refractivity contribution in [3.8, 4) is 6.07 Å². The number of fused-ring (bicyclic) bond motifs is 4. The van der Waals surface area contributed by atoms with Crippen LogP contribution in [0.5, 0.6) is 0 Å². The van der Waals surface area contributed by atoms with E-state index in [2.05, 4.69) is 22.9 Å². The molecule has 8 rings (SSSR count). The zero-order chi connectivity index (χ0) is 30.3. The number of aromatic nitrogens is 1. The molecule has 0 saturated carbocycles. The molecule has 3 aromatic rings. The van der Waals surface area contributed by atoms with Gasteiger partial charge in [0.25, 0.3) is 0 Å². The van der Waals surface area contributed by atoms with Gasteiger partial charge in [0.05, 0.1) is 39.1 Å². The van der Waals surface area contributed by atoms with Gasteiger partial charge < -0.3 is 19.8 Å². The summed E-state index contributed by atoms with van der Waals surface area (Å²) in [5.41, 5.74) is 7.41. The van der Waals surface area contributed by atoms with Crippen LogP contribution < -0.4 is 5.73 Å². The van der Waals surface area contributed by atoms with Gasteiger partial charge >= 0.3 is 6.02 Å². The van der Waals surface area contributed by atoms with Gasteiger partial charge in [0.1, 0.15) is 35.4 Å². The minimum atomic E-state index is -0.818. The molecule has 4 aliphatic heterocycles. The summed E-state index contributed by atoms with van der Waals surface area (Å²) in [5, 5.41) is 10.4. The van der Waals surface area contributed by atoms with E-state index in [0.717, 1.165) is 49.4 Å². The van der Waals surface area contributed by atoms with Crippen molar-refractivity contribution >= 4 is 55.5 Å². The molecule has 44 heavy (non-hydrogen) atoms. The number of hydrogen-bond acceptors (Lipinski definition) is 8. The number of hydrogen-bond donors (Lipinski definition) is 1. The van der Waals surface area contributed by atoms with Gasteiger partial charge in [-0.05, 0) is 55.5 Å². The fraction of sp³-hybridized carbons (Fsp3) is 0.406. The lowest BCUT2D eigenvalue weighted by atomic mass is 9.83. The van der Waals surface area contributed by atoms with E-state index in [9.17, 15) is 9.65 Å². The molecular weight excluding hydrogens is 606 g/mol. The summed E-state index contributed by atoms with van der Waals surface area (Å²) in [7, 11) is 0. The molecule has 2 saturated heterocycles. The summed E-state index contributed by atoms with van der Waals surface area (Å²) < 4.78 is 46.8. The van der Waals surface area contributed by atoms with Gasteiger partial charge in [-0.3, -0.25) is 4.90 Å². The van der Waals surface area contributed by atoms with E-state index in [4.69, 9.17) is 31.8 Å². The molecule has 0 bridgehead atoms. The predicted molar refractivity (Wildman–Crippen MR) is 167 cm³/mol. The summed E-state index contributed by atoms with van der Waals surface area (Å²) in [6.07, 6.45) is 4.84. The zero-order valence-electron chi connectivity index (χ0n) is 23.9. The third-order valence-corrected chi connectivity index (χ3v) is 11.1. The standard InChI is InChI=1S/C32H29ClF2N6O2S/c1-16-12-32(8-3-9-40(32)14-16)15-43-31-38-26-23-27(42-11-7-17-4-2-10-41(17)30(23)39-31)24(33)22(25(26)35)18-5-6-20(34)28-21(18)19(13-36)29(37)44-28/h2,4-6,10,16,23,27H,3,7-9,11-12,14-15,37H2,1H3/t16-,23?,27?,32+/m1/s1. The number of nitriles is 1. The summed E-state index contributed by atoms with van der Waals surface area (Å²) in [5.74, 6) is -0.912. The Morgan fingerprint density at radius 3 is 3.00 bits per heavy atom. The lowest BCUT2D eigenvalue weighted by Crippen LogP contribution is -2.45. The first-order valence-corrected chi connectivity index (χ1v) is 16.0. The van der Waals surface area contributed by atoms with Gasteiger partial charge in [-0.15, -0.1) is 11.3 Å². The minimum Gasteiger partial charge on any atom is -0.461 e. The van der Waals surface area contributed by atoms with Crippen molar-refractivity contribution in [1.82, 2.24) is 9.47 Å². The molecule has 2 unspecified atom stereocenters. The van der Waals surface area contributed by atoms with E-state index in [1.54, 1.807) is 0 Å². The molecule has 2 aromatic heterocycles. The number of ether oxygens (including phenoxy) is 2. The largest absolute Gasteiger partial charge is 0.461 e. The average Bonchev–Trinajstić information content (AvgIpc) is 3.76. The van der Waals surface area contributed by atoms with Crippen LogP contribution in [-0.4, -0.2) is 59.3 Å². The molecule has 1 aromatic carbocycles. The van der Waals surface area contributed by atoms with Crippen LogP contribution in [0, 0.1) is 29.0 Å². The number of rotatable bonds is 3. The maximum absolute atomic E-state index is 17.1. The Kier molecular flexibility index (Phi) is 6.50. The Morgan fingerprint density at radius 2 is 2.16 bits per heavy atom. The van der Waals surface area contributed by atoms with Gasteiger partial charge in [-0.2, -0.15) is 15.2 Å². The number of benzene rings is 1. The Hall–Kier alpha value is -3.56. The van der Waals surface area contributed by atoms with Crippen molar-refractivity contribution in [3.63, 3.8) is 0 Å². The highest BCUT2D eigenvalue weighted by Gasteiger charge is 2.49. The van der Waals surface area contributed by atoms with Crippen LogP contribution in [0.2, 0.25) is 0 Å². The Balaban J connectivity index is 1.29. The molecule has 5 aliphatic rings. The number of halogens is 3. The van der Waals surface area contributed by atoms with Crippen LogP contribution in [0.25, 0.3) is 15.7 Å². The second kappa shape index (κ2) is 10.2. The molecule has 6 heterocycles. The number of aliphatic imine (C=N–C) groups is 2. The van der Waals surface area contributed by atoms with Crippen molar-refractivity contribution in [2.45, 2.75) is 44.2 Å². The van der Waals surface area contributed by atoms with Crippen LogP contribution >= 0.6 is 22.9 Å². The molecule has 0 amide bonds. The van der Waals surface area contributed by atoms with E-state index in [0.29, 0.717) is 31.4 Å². The summed E-state index contributed by atoms with van der Waals surface area (Å²) in [6.45, 7) is 5.07. The number of nitrogens with zero attached hydrogens (tertiary/aromatic N) is 5. The lowest BCUT2D eigenvalue weighted by Gasteiger charge is -2.38. The molecule has 0 spiro atoms. The Morgan fingerprint density at radius 1 is 1.30 bits per heavy atom. The quantitative estimate of drug-likeness (QED) is 0.369. The second-order valence-corrected chi connectivity index (χ2v) is 13.8. The zero-order valence-corrected chi connectivity index (χ0v) is 25.5. The van der Waals surface area contributed by atoms with Crippen molar-refractivity contribution in [3.05, 3.63) is 69.7 Å². The van der Waals surface area contributed by atoms with Crippen LogP contribution in [-0.2, 0) is 15.9 Å². The number of nitrogen functional groups attached to an aromatic ring is 1. The molecule has 12 heteroatoms. The molecule has 0 radical (unpaired) electrons. The highest BCUT2D eigenvalue weighted by molar-refractivity contribution is 7.23. The van der Waals surface area contributed by atoms with E-state index in [-0.39, 0.29) is 54.1 Å². The van der Waals surface area contributed by atoms with Crippen molar-refractivity contribution in [1.29, 1.82) is 5.26 Å². The first-order chi connectivity index (χ1) is 21.3. The number of anilines is 1. The van der Waals surface area contributed by atoms with Gasteiger partial charge in [-0.25, -0.2) is 8.78 Å². The van der Waals surface area contributed by atoms with Crippen LogP contribution in [0.1, 0.15) is 43.0 Å². The van der Waals surface area contributed by atoms with E-state index in [1.807, 2.05) is 22.9 Å². The van der Waals surface area contributed by atoms with Gasteiger partial charge in [-0.1, -0.05) is 24.6 Å². The molecule has 4 atom stereocenters. The van der Waals surface area contributed by atoms with Gasteiger partial charge in [0, 0.05) is 35.8 Å². The number of allylic oxidation sites excluding steroid dienone is 2. The summed E-state index contributed by atoms with van der Waals surface area (Å²) in [6, 6.07) is 8.72. The number of amidine groups is 1. The Labute approximate surface area is 261 Å². The lowest BCUT2D eigenvalue weighted by molar-refractivity contribution is 0.0634. The fourth-order valence-electron chi connectivity index (χ4n) is 7.82. The molecular formula is C32H29ClF2N6O2S. The predicted octanol–water partition coefficient (Wildman–Crippen LogP) is 6.21. The number of thiophene rings is 1. The average molecular weight is 635 g/mol. The van der Waals surface area contributed by atoms with Crippen LogP contribution in [0.15, 0.2) is 57.0 Å². The van der Waals surface area contributed by atoms with Crippen molar-refractivity contribution < 1.29 is 18.3 Å². The highest BCUT2D eigenvalue weighted by Crippen LogP contribution is 2.50. The fourth-order valence-corrected chi connectivity index (χ4v) is 9.14. The van der Waals surface area contributed by atoms with E-state index < -0.39 is 23.7 Å². The first-order valence-electron chi connectivity index (χ1n) is 14.8. The first kappa shape index (κ1) is 28.0. The Bertz CT molecular complexity index is 1900.